The Hall–Kier alpha value is -4.97. The van der Waals surface area contributed by atoms with E-state index in [0.29, 0.717) is 22.5 Å². The number of halogens is 6. The van der Waals surface area contributed by atoms with Crippen LogP contribution >= 0.6 is 11.8 Å². The molecule has 240 valence electrons. The Labute approximate surface area is 260 Å². The van der Waals surface area contributed by atoms with E-state index in [0.717, 1.165) is 34.3 Å². The molecule has 3 amide bonds. The summed E-state index contributed by atoms with van der Waals surface area (Å²) in [5, 5.41) is 14.7. The summed E-state index contributed by atoms with van der Waals surface area (Å²) in [6, 6.07) is 15.1. The first-order valence-electron chi connectivity index (χ1n) is 13.1. The highest BCUT2D eigenvalue weighted by molar-refractivity contribution is 8.15. The second-order valence-electron chi connectivity index (χ2n) is 9.60. The number of rotatable bonds is 8. The van der Waals surface area contributed by atoms with E-state index in [2.05, 4.69) is 30.5 Å². The fourth-order valence-corrected chi connectivity index (χ4v) is 4.98. The van der Waals surface area contributed by atoms with Gasteiger partial charge in [-0.2, -0.15) is 18.2 Å². The Bertz CT molecular complexity index is 1760. The molecule has 1 aliphatic rings. The van der Waals surface area contributed by atoms with Crippen LogP contribution in [0.25, 0.3) is 17.1 Å². The lowest BCUT2D eigenvalue weighted by Crippen LogP contribution is -2.31. The number of aromatic nitrogens is 4. The van der Waals surface area contributed by atoms with E-state index >= 15 is 0 Å². The maximum Gasteiger partial charge on any atom is 0.573 e. The molecular formula is C28H21F6N7O4S. The van der Waals surface area contributed by atoms with Gasteiger partial charge < -0.3 is 14.8 Å². The highest BCUT2D eigenvalue weighted by atomic mass is 32.2. The molecule has 5 rings (SSSR count). The normalized spacial score (nSPS) is 14.6. The van der Waals surface area contributed by atoms with Gasteiger partial charge >= 0.3 is 18.6 Å². The number of nitrogens with zero attached hydrogens (tertiary/aromatic N) is 6. The summed E-state index contributed by atoms with van der Waals surface area (Å²) in [5.41, 5.74) is 2.48. The zero-order chi connectivity index (χ0) is 33.1. The van der Waals surface area contributed by atoms with Gasteiger partial charge in [-0.3, -0.25) is 9.69 Å². The minimum Gasteiger partial charge on any atom is -0.406 e. The Balaban J connectivity index is 1.26. The standard InChI is InChI=1S/C28H21F6N7O4S/c1-16-2-3-18(13-44-15-27(29,30)31)22(12-16)40-23(42)14-46-26(40)36-25(43)35-19-6-4-17(5-7-19)24-37-39-41(38-24)20-8-10-21(11-9-20)45-28(32,33)34/h2-12H,13-15H2,1H3,(H,35,43)/b36-26-. The summed E-state index contributed by atoms with van der Waals surface area (Å²) < 4.78 is 83.6. The number of carbonyl (C=O) groups is 2. The third-order valence-corrected chi connectivity index (χ3v) is 7.00. The largest absolute Gasteiger partial charge is 0.573 e. The van der Waals surface area contributed by atoms with E-state index in [1.807, 2.05) is 0 Å². The molecule has 0 saturated carbocycles. The van der Waals surface area contributed by atoms with Crippen LogP contribution in [0.5, 0.6) is 5.75 Å². The predicted octanol–water partition coefficient (Wildman–Crippen LogP) is 6.28. The molecule has 3 aromatic carbocycles. The molecule has 2 heterocycles. The Morgan fingerprint density at radius 2 is 1.74 bits per heavy atom. The van der Waals surface area contributed by atoms with Crippen LogP contribution in [0, 0.1) is 6.92 Å². The Morgan fingerprint density at radius 1 is 1.02 bits per heavy atom. The number of ether oxygens (including phenoxy) is 2. The van der Waals surface area contributed by atoms with Gasteiger partial charge in [-0.1, -0.05) is 23.9 Å². The molecule has 1 fully saturated rings. The van der Waals surface area contributed by atoms with E-state index in [4.69, 9.17) is 4.74 Å². The number of carbonyl (C=O) groups excluding carboxylic acids is 2. The van der Waals surface area contributed by atoms with Gasteiger partial charge in [0.15, 0.2) is 5.17 Å². The molecule has 1 saturated heterocycles. The third-order valence-electron chi connectivity index (χ3n) is 6.08. The van der Waals surface area contributed by atoms with Crippen LogP contribution in [0.4, 0.5) is 42.5 Å². The SMILES string of the molecule is Cc1ccc(COCC(F)(F)F)c(N2C(=O)CS/C2=N\C(=O)Nc2ccc(-c3nnn(-c4ccc(OC(F)(F)F)cc4)n3)cc2)c1. The number of hydrogen-bond donors (Lipinski definition) is 1. The smallest absolute Gasteiger partial charge is 0.406 e. The molecular weight excluding hydrogens is 644 g/mol. The molecule has 0 unspecified atom stereocenters. The number of nitrogens with one attached hydrogen (secondary N) is 1. The van der Waals surface area contributed by atoms with Gasteiger partial charge in [0, 0.05) is 16.8 Å². The first-order chi connectivity index (χ1) is 21.7. The number of urea groups is 1. The first kappa shape index (κ1) is 32.4. The van der Waals surface area contributed by atoms with E-state index in [1.54, 1.807) is 49.4 Å². The summed E-state index contributed by atoms with van der Waals surface area (Å²) in [7, 11) is 0. The Kier molecular flexibility index (Phi) is 9.29. The molecule has 46 heavy (non-hydrogen) atoms. The molecule has 1 N–H and O–H groups in total. The lowest BCUT2D eigenvalue weighted by molar-refractivity contribution is -0.274. The van der Waals surface area contributed by atoms with Crippen molar-refractivity contribution >= 4 is 40.2 Å². The van der Waals surface area contributed by atoms with Gasteiger partial charge in [0.25, 0.3) is 0 Å². The summed E-state index contributed by atoms with van der Waals surface area (Å²) >= 11 is 1.00. The molecule has 1 aromatic heterocycles. The topological polar surface area (TPSA) is 124 Å². The number of thioether (sulfide) groups is 1. The van der Waals surface area contributed by atoms with Crippen molar-refractivity contribution in [2.45, 2.75) is 26.1 Å². The van der Waals surface area contributed by atoms with E-state index < -0.39 is 43.4 Å². The van der Waals surface area contributed by atoms with Crippen molar-refractivity contribution in [3.05, 3.63) is 77.9 Å². The molecule has 18 heteroatoms. The van der Waals surface area contributed by atoms with Gasteiger partial charge in [-0.05, 0) is 72.3 Å². The van der Waals surface area contributed by atoms with E-state index in [-0.39, 0.29) is 22.4 Å². The predicted molar refractivity (Wildman–Crippen MR) is 155 cm³/mol. The molecule has 0 aliphatic carbocycles. The summed E-state index contributed by atoms with van der Waals surface area (Å²) in [4.78, 5) is 31.9. The number of benzene rings is 3. The van der Waals surface area contributed by atoms with E-state index in [9.17, 15) is 35.9 Å². The fraction of sp³-hybridized carbons (Fsp3) is 0.214. The van der Waals surface area contributed by atoms with Gasteiger partial charge in [0.05, 0.1) is 23.7 Å². The number of alkyl halides is 6. The van der Waals surface area contributed by atoms with Crippen LogP contribution in [0.15, 0.2) is 71.7 Å². The second kappa shape index (κ2) is 13.2. The average molecular weight is 666 g/mol. The number of aliphatic imine (C=N–C) groups is 1. The maximum atomic E-state index is 12.8. The second-order valence-corrected chi connectivity index (χ2v) is 10.5. The molecule has 0 atom stereocenters. The van der Waals surface area contributed by atoms with Crippen LogP contribution in [0.2, 0.25) is 0 Å². The van der Waals surface area contributed by atoms with Gasteiger partial charge in [-0.25, -0.2) is 4.79 Å². The van der Waals surface area contributed by atoms with Crippen molar-refractivity contribution in [1.29, 1.82) is 0 Å². The number of amides is 3. The molecule has 4 aromatic rings. The van der Waals surface area contributed by atoms with Gasteiger partial charge in [-0.15, -0.1) is 28.2 Å². The lowest BCUT2D eigenvalue weighted by Gasteiger charge is -2.20. The summed E-state index contributed by atoms with van der Waals surface area (Å²) in [6.07, 6.45) is -9.34. The minimum absolute atomic E-state index is 0.0310. The van der Waals surface area contributed by atoms with Crippen molar-refractivity contribution in [1.82, 2.24) is 20.2 Å². The van der Waals surface area contributed by atoms with Crippen LogP contribution in [-0.2, 0) is 16.1 Å². The highest BCUT2D eigenvalue weighted by Gasteiger charge is 2.33. The van der Waals surface area contributed by atoms with E-state index in [1.165, 1.54) is 17.0 Å². The zero-order valence-electron chi connectivity index (χ0n) is 23.5. The van der Waals surface area contributed by atoms with Crippen molar-refractivity contribution in [2.24, 2.45) is 4.99 Å². The molecule has 1 aliphatic heterocycles. The molecule has 11 nitrogen and oxygen atoms in total. The Morgan fingerprint density at radius 3 is 2.41 bits per heavy atom. The lowest BCUT2D eigenvalue weighted by atomic mass is 10.1. The quantitative estimate of drug-likeness (QED) is 0.218. The number of aryl methyl sites for hydroxylation is 1. The van der Waals surface area contributed by atoms with Crippen LogP contribution in [0.1, 0.15) is 11.1 Å². The highest BCUT2D eigenvalue weighted by Crippen LogP contribution is 2.32. The summed E-state index contributed by atoms with van der Waals surface area (Å²) in [6.45, 7) is -0.131. The van der Waals surface area contributed by atoms with Gasteiger partial charge in [0.1, 0.15) is 12.4 Å². The van der Waals surface area contributed by atoms with Crippen molar-refractivity contribution in [3.63, 3.8) is 0 Å². The first-order valence-corrected chi connectivity index (χ1v) is 14.1. The monoisotopic (exact) mass is 665 g/mol. The third kappa shape index (κ3) is 8.39. The van der Waals surface area contributed by atoms with Crippen molar-refractivity contribution in [2.75, 3.05) is 22.6 Å². The number of anilines is 2. The van der Waals surface area contributed by atoms with Crippen molar-refractivity contribution in [3.8, 4) is 22.8 Å². The van der Waals surface area contributed by atoms with Crippen LogP contribution in [0.3, 0.4) is 0 Å². The zero-order valence-corrected chi connectivity index (χ0v) is 24.3. The molecule has 0 spiro atoms. The number of hydrogen-bond acceptors (Lipinski definition) is 8. The fourth-order valence-electron chi connectivity index (χ4n) is 4.12. The number of amidine groups is 1. The molecule has 0 bridgehead atoms. The average Bonchev–Trinajstić information content (AvgIpc) is 3.60. The van der Waals surface area contributed by atoms with Crippen LogP contribution in [-0.4, -0.2) is 62.2 Å². The van der Waals surface area contributed by atoms with Crippen molar-refractivity contribution < 1.29 is 45.4 Å². The minimum atomic E-state index is -4.82. The number of tetrazole rings is 1. The van der Waals surface area contributed by atoms with Gasteiger partial charge in [0.2, 0.25) is 11.7 Å². The van der Waals surface area contributed by atoms with Crippen LogP contribution < -0.4 is 15.0 Å². The maximum absolute atomic E-state index is 12.8. The molecule has 0 radical (unpaired) electrons. The summed E-state index contributed by atoms with van der Waals surface area (Å²) in [5.74, 6) is -0.649.